The van der Waals surface area contributed by atoms with Crippen LogP contribution < -0.4 is 4.74 Å². The van der Waals surface area contributed by atoms with E-state index in [4.69, 9.17) is 9.47 Å². The number of rotatable bonds is 2. The average Bonchev–Trinajstić information content (AvgIpc) is 2.27. The van der Waals surface area contributed by atoms with Crippen molar-refractivity contribution in [2.45, 2.75) is 32.3 Å². The highest BCUT2D eigenvalue weighted by Crippen LogP contribution is 2.35. The Morgan fingerprint density at radius 1 is 1.35 bits per heavy atom. The number of carbonyl (C=O) groups is 1. The molecule has 1 amide bonds. The first-order chi connectivity index (χ1) is 9.30. The maximum atomic E-state index is 11.9. The van der Waals surface area contributed by atoms with Crippen LogP contribution in [0.5, 0.6) is 5.75 Å². The Morgan fingerprint density at radius 3 is 2.55 bits per heavy atom. The van der Waals surface area contributed by atoms with E-state index in [2.05, 4.69) is 15.9 Å². The molecule has 1 heterocycles. The Bertz CT molecular complexity index is 504. The summed E-state index contributed by atoms with van der Waals surface area (Å²) < 4.78 is 11.6. The number of amides is 1. The van der Waals surface area contributed by atoms with Crippen LogP contribution in [0.2, 0.25) is 0 Å². The Labute approximate surface area is 128 Å². The van der Waals surface area contributed by atoms with E-state index in [0.29, 0.717) is 19.0 Å². The lowest BCUT2D eigenvalue weighted by Gasteiger charge is -2.40. The molecule has 0 spiro atoms. The fourth-order valence-corrected chi connectivity index (χ4v) is 2.68. The molecular weight excluding hydrogens is 322 g/mol. The van der Waals surface area contributed by atoms with Crippen molar-refractivity contribution < 1.29 is 14.3 Å². The first kappa shape index (κ1) is 15.2. The van der Waals surface area contributed by atoms with Crippen LogP contribution in [-0.2, 0) is 4.74 Å². The third-order valence-corrected chi connectivity index (χ3v) is 3.90. The van der Waals surface area contributed by atoms with Gasteiger partial charge in [-0.2, -0.15) is 0 Å². The number of halogens is 1. The maximum absolute atomic E-state index is 11.9. The number of likely N-dealkylation sites (tertiary alicyclic amines) is 1. The van der Waals surface area contributed by atoms with Gasteiger partial charge in [-0.15, -0.1) is 0 Å². The summed E-state index contributed by atoms with van der Waals surface area (Å²) in [6.07, 6.45) is -0.243. The second-order valence-electron chi connectivity index (χ2n) is 5.97. The van der Waals surface area contributed by atoms with Crippen LogP contribution in [0, 0.1) is 0 Å². The molecule has 4 nitrogen and oxygen atoms in total. The van der Waals surface area contributed by atoms with Crippen LogP contribution >= 0.6 is 15.9 Å². The van der Waals surface area contributed by atoms with Crippen molar-refractivity contribution >= 4 is 22.0 Å². The molecule has 0 atom stereocenters. The summed E-state index contributed by atoms with van der Waals surface area (Å²) in [5.41, 5.74) is 0.725. The van der Waals surface area contributed by atoms with Gasteiger partial charge in [0.1, 0.15) is 11.4 Å². The summed E-state index contributed by atoms with van der Waals surface area (Å²) in [5, 5.41) is 0. The first-order valence-corrected chi connectivity index (χ1v) is 7.41. The lowest BCUT2D eigenvalue weighted by molar-refractivity contribution is 0.00813. The molecule has 0 aliphatic carbocycles. The number of benzene rings is 1. The molecule has 0 N–H and O–H groups in total. The number of carbonyl (C=O) groups excluding carboxylic acids is 1. The standard InChI is InChI=1S/C15H20BrNO3/c1-15(2,3)20-14(18)17-8-10(9-17)12-7-11(19-4)5-6-13(12)16/h5-7,10H,8-9H2,1-4H3. The van der Waals surface area contributed by atoms with Crippen molar-refractivity contribution in [2.75, 3.05) is 20.2 Å². The van der Waals surface area contributed by atoms with Crippen LogP contribution in [-0.4, -0.2) is 36.8 Å². The molecule has 20 heavy (non-hydrogen) atoms. The molecule has 0 saturated carbocycles. The number of ether oxygens (including phenoxy) is 2. The highest BCUT2D eigenvalue weighted by atomic mass is 79.9. The van der Waals surface area contributed by atoms with Gasteiger partial charge in [0.25, 0.3) is 0 Å². The molecule has 1 fully saturated rings. The van der Waals surface area contributed by atoms with Crippen molar-refractivity contribution in [3.8, 4) is 5.75 Å². The number of hydrogen-bond acceptors (Lipinski definition) is 3. The van der Waals surface area contributed by atoms with Gasteiger partial charge in [-0.1, -0.05) is 15.9 Å². The highest BCUT2D eigenvalue weighted by molar-refractivity contribution is 9.10. The summed E-state index contributed by atoms with van der Waals surface area (Å²) in [6.45, 7) is 6.99. The molecule has 0 bridgehead atoms. The Hall–Kier alpha value is -1.23. The molecule has 1 aliphatic rings. The number of hydrogen-bond donors (Lipinski definition) is 0. The Morgan fingerprint density at radius 2 is 2.00 bits per heavy atom. The zero-order valence-electron chi connectivity index (χ0n) is 12.3. The predicted octanol–water partition coefficient (Wildman–Crippen LogP) is 3.79. The van der Waals surface area contributed by atoms with Crippen LogP contribution in [0.25, 0.3) is 0 Å². The minimum atomic E-state index is -0.446. The van der Waals surface area contributed by atoms with E-state index in [1.807, 2.05) is 39.0 Å². The molecule has 110 valence electrons. The fraction of sp³-hybridized carbons (Fsp3) is 0.533. The quantitative estimate of drug-likeness (QED) is 0.821. The van der Waals surface area contributed by atoms with Crippen molar-refractivity contribution in [3.05, 3.63) is 28.2 Å². The second-order valence-corrected chi connectivity index (χ2v) is 6.82. The normalized spacial score (nSPS) is 15.8. The lowest BCUT2D eigenvalue weighted by atomic mass is 9.92. The number of nitrogens with zero attached hydrogens (tertiary/aromatic N) is 1. The Kier molecular flexibility index (Phi) is 4.28. The van der Waals surface area contributed by atoms with Crippen LogP contribution in [0.4, 0.5) is 4.79 Å². The lowest BCUT2D eigenvalue weighted by Crippen LogP contribution is -2.50. The molecule has 1 aromatic rings. The summed E-state index contributed by atoms with van der Waals surface area (Å²) in [6, 6.07) is 5.91. The van der Waals surface area contributed by atoms with E-state index in [0.717, 1.165) is 10.2 Å². The molecule has 1 aromatic carbocycles. The van der Waals surface area contributed by atoms with Crippen LogP contribution in [0.3, 0.4) is 0 Å². The largest absolute Gasteiger partial charge is 0.497 e. The third-order valence-electron chi connectivity index (χ3n) is 3.18. The van der Waals surface area contributed by atoms with Gasteiger partial charge in [-0.3, -0.25) is 0 Å². The summed E-state index contributed by atoms with van der Waals surface area (Å²) in [4.78, 5) is 13.6. The van der Waals surface area contributed by atoms with Crippen molar-refractivity contribution in [2.24, 2.45) is 0 Å². The third kappa shape index (κ3) is 3.45. The molecule has 0 unspecified atom stereocenters. The minimum Gasteiger partial charge on any atom is -0.497 e. The molecule has 0 aromatic heterocycles. The Balaban J connectivity index is 1.98. The molecule has 5 heteroatoms. The average molecular weight is 342 g/mol. The van der Waals surface area contributed by atoms with Gasteiger partial charge in [0, 0.05) is 23.5 Å². The molecule has 0 radical (unpaired) electrons. The fourth-order valence-electron chi connectivity index (χ4n) is 2.11. The maximum Gasteiger partial charge on any atom is 0.410 e. The minimum absolute atomic E-state index is 0.243. The van der Waals surface area contributed by atoms with Gasteiger partial charge >= 0.3 is 6.09 Å². The van der Waals surface area contributed by atoms with Gasteiger partial charge in [0.2, 0.25) is 0 Å². The van der Waals surface area contributed by atoms with E-state index in [1.165, 1.54) is 5.56 Å². The van der Waals surface area contributed by atoms with E-state index in [1.54, 1.807) is 12.0 Å². The zero-order chi connectivity index (χ0) is 14.9. The highest BCUT2D eigenvalue weighted by Gasteiger charge is 2.35. The summed E-state index contributed by atoms with van der Waals surface area (Å²) >= 11 is 3.55. The molecule has 1 saturated heterocycles. The van der Waals surface area contributed by atoms with Gasteiger partial charge in [-0.05, 0) is 44.5 Å². The second kappa shape index (κ2) is 5.64. The van der Waals surface area contributed by atoms with Gasteiger partial charge < -0.3 is 14.4 Å². The monoisotopic (exact) mass is 341 g/mol. The van der Waals surface area contributed by atoms with E-state index in [9.17, 15) is 4.79 Å². The van der Waals surface area contributed by atoms with Crippen LogP contribution in [0.15, 0.2) is 22.7 Å². The van der Waals surface area contributed by atoms with Crippen molar-refractivity contribution in [1.82, 2.24) is 4.90 Å². The molecular formula is C15H20BrNO3. The van der Waals surface area contributed by atoms with E-state index < -0.39 is 5.60 Å². The molecule has 1 aliphatic heterocycles. The van der Waals surface area contributed by atoms with E-state index in [-0.39, 0.29) is 6.09 Å². The van der Waals surface area contributed by atoms with Gasteiger partial charge in [0.15, 0.2) is 0 Å². The first-order valence-electron chi connectivity index (χ1n) is 6.61. The van der Waals surface area contributed by atoms with Gasteiger partial charge in [-0.25, -0.2) is 4.79 Å². The smallest absolute Gasteiger partial charge is 0.410 e. The van der Waals surface area contributed by atoms with Crippen molar-refractivity contribution in [1.29, 1.82) is 0 Å². The van der Waals surface area contributed by atoms with Crippen LogP contribution in [0.1, 0.15) is 32.3 Å². The summed E-state index contributed by atoms with van der Waals surface area (Å²) in [7, 11) is 1.65. The van der Waals surface area contributed by atoms with E-state index >= 15 is 0 Å². The predicted molar refractivity (Wildman–Crippen MR) is 81.2 cm³/mol. The van der Waals surface area contributed by atoms with Crippen molar-refractivity contribution in [3.63, 3.8) is 0 Å². The summed E-state index contributed by atoms with van der Waals surface area (Å²) in [5.74, 6) is 1.16. The number of methoxy groups -OCH3 is 1. The van der Waals surface area contributed by atoms with Gasteiger partial charge in [0.05, 0.1) is 7.11 Å². The zero-order valence-corrected chi connectivity index (χ0v) is 13.9. The molecule has 2 rings (SSSR count). The topological polar surface area (TPSA) is 38.8 Å². The SMILES string of the molecule is COc1ccc(Br)c(C2CN(C(=O)OC(C)(C)C)C2)c1.